The van der Waals surface area contributed by atoms with E-state index in [2.05, 4.69) is 10.1 Å². The van der Waals surface area contributed by atoms with Crippen molar-refractivity contribution in [1.82, 2.24) is 4.90 Å². The molecule has 0 radical (unpaired) electrons. The normalized spacial score (nSPS) is 10.2. The Morgan fingerprint density at radius 3 is 2.56 bits per heavy atom. The van der Waals surface area contributed by atoms with Gasteiger partial charge in [-0.2, -0.15) is 0 Å². The standard InChI is InChI=1S/C19H23N3O3/c1-25-19(24)21-17-10-5-7-15(13-17)14-22(12-6-11-20)18(23)16-8-3-2-4-9-16/h2-5,7-10,13H,6,11-12,14,20H2,1H3,(H,21,24). The summed E-state index contributed by atoms with van der Waals surface area (Å²) in [5.41, 5.74) is 7.78. The Hall–Kier alpha value is -2.86. The van der Waals surface area contributed by atoms with Crippen molar-refractivity contribution in [3.63, 3.8) is 0 Å². The van der Waals surface area contributed by atoms with Crippen molar-refractivity contribution in [1.29, 1.82) is 0 Å². The molecular formula is C19H23N3O3. The van der Waals surface area contributed by atoms with E-state index in [1.54, 1.807) is 23.1 Å². The number of nitrogens with one attached hydrogen (secondary N) is 1. The molecule has 2 amide bonds. The third kappa shape index (κ3) is 5.61. The lowest BCUT2D eigenvalue weighted by molar-refractivity contribution is 0.0742. The van der Waals surface area contributed by atoms with Crippen LogP contribution in [0.25, 0.3) is 0 Å². The Morgan fingerprint density at radius 2 is 1.88 bits per heavy atom. The van der Waals surface area contributed by atoms with Gasteiger partial charge in [0.1, 0.15) is 0 Å². The van der Waals surface area contributed by atoms with Gasteiger partial charge in [-0.25, -0.2) is 4.79 Å². The summed E-state index contributed by atoms with van der Waals surface area (Å²) >= 11 is 0. The number of rotatable bonds is 7. The molecule has 0 aliphatic carbocycles. The number of nitrogens with zero attached hydrogens (tertiary/aromatic N) is 1. The quantitative estimate of drug-likeness (QED) is 0.811. The van der Waals surface area contributed by atoms with Crippen LogP contribution in [-0.2, 0) is 11.3 Å². The first-order valence-corrected chi connectivity index (χ1v) is 8.12. The van der Waals surface area contributed by atoms with E-state index in [9.17, 15) is 9.59 Å². The molecule has 25 heavy (non-hydrogen) atoms. The molecule has 0 fully saturated rings. The maximum absolute atomic E-state index is 12.8. The monoisotopic (exact) mass is 341 g/mol. The lowest BCUT2D eigenvalue weighted by Crippen LogP contribution is -2.32. The molecule has 0 spiro atoms. The van der Waals surface area contributed by atoms with Crippen LogP contribution in [-0.4, -0.2) is 37.1 Å². The Labute approximate surface area is 147 Å². The molecule has 2 rings (SSSR count). The molecule has 6 heteroatoms. The van der Waals surface area contributed by atoms with Crippen LogP contribution in [0.5, 0.6) is 0 Å². The summed E-state index contributed by atoms with van der Waals surface area (Å²) in [4.78, 5) is 25.9. The van der Waals surface area contributed by atoms with Crippen molar-refractivity contribution < 1.29 is 14.3 Å². The fourth-order valence-corrected chi connectivity index (χ4v) is 2.43. The van der Waals surface area contributed by atoms with Crippen molar-refractivity contribution >= 4 is 17.7 Å². The van der Waals surface area contributed by atoms with Crippen LogP contribution >= 0.6 is 0 Å². The predicted molar refractivity (Wildman–Crippen MR) is 97.3 cm³/mol. The molecule has 6 nitrogen and oxygen atoms in total. The van der Waals surface area contributed by atoms with Crippen LogP contribution in [0.4, 0.5) is 10.5 Å². The number of hydrogen-bond donors (Lipinski definition) is 2. The Kier molecular flexibility index (Phi) is 6.98. The van der Waals surface area contributed by atoms with Gasteiger partial charge < -0.3 is 15.4 Å². The van der Waals surface area contributed by atoms with E-state index < -0.39 is 6.09 Å². The van der Waals surface area contributed by atoms with Crippen LogP contribution in [0.15, 0.2) is 54.6 Å². The Bertz CT molecular complexity index is 704. The molecule has 2 aromatic carbocycles. The minimum absolute atomic E-state index is 0.0413. The van der Waals surface area contributed by atoms with E-state index in [1.807, 2.05) is 36.4 Å². The Balaban J connectivity index is 2.15. The highest BCUT2D eigenvalue weighted by atomic mass is 16.5. The van der Waals surface area contributed by atoms with Gasteiger partial charge in [0.2, 0.25) is 0 Å². The number of anilines is 1. The van der Waals surface area contributed by atoms with Gasteiger partial charge in [0, 0.05) is 24.3 Å². The summed E-state index contributed by atoms with van der Waals surface area (Å²) in [6.07, 6.45) is 0.191. The predicted octanol–water partition coefficient (Wildman–Crippen LogP) is 2.86. The van der Waals surface area contributed by atoms with Crippen molar-refractivity contribution in [2.45, 2.75) is 13.0 Å². The molecule has 0 aliphatic rings. The molecule has 132 valence electrons. The Morgan fingerprint density at radius 1 is 1.12 bits per heavy atom. The summed E-state index contributed by atoms with van der Waals surface area (Å²) in [6, 6.07) is 16.5. The fraction of sp³-hybridized carbons (Fsp3) is 0.263. The number of carbonyl (C=O) groups is 2. The molecule has 0 aromatic heterocycles. The zero-order valence-corrected chi connectivity index (χ0v) is 14.3. The summed E-state index contributed by atoms with van der Waals surface area (Å²) in [5.74, 6) is -0.0413. The van der Waals surface area contributed by atoms with E-state index in [-0.39, 0.29) is 5.91 Å². The fourth-order valence-electron chi connectivity index (χ4n) is 2.43. The topological polar surface area (TPSA) is 84.7 Å². The summed E-state index contributed by atoms with van der Waals surface area (Å²) in [5, 5.41) is 2.62. The highest BCUT2D eigenvalue weighted by Crippen LogP contribution is 2.15. The number of carbonyl (C=O) groups excluding carboxylic acids is 2. The van der Waals surface area contributed by atoms with Gasteiger partial charge in [-0.3, -0.25) is 10.1 Å². The second-order valence-electron chi connectivity index (χ2n) is 5.55. The molecule has 0 atom stereocenters. The van der Waals surface area contributed by atoms with Crippen molar-refractivity contribution in [2.24, 2.45) is 5.73 Å². The van der Waals surface area contributed by atoms with Crippen molar-refractivity contribution in [3.05, 3.63) is 65.7 Å². The van der Waals surface area contributed by atoms with Gasteiger partial charge in [0.15, 0.2) is 0 Å². The first-order valence-electron chi connectivity index (χ1n) is 8.12. The zero-order valence-electron chi connectivity index (χ0n) is 14.3. The summed E-state index contributed by atoms with van der Waals surface area (Å²) < 4.78 is 4.60. The third-order valence-electron chi connectivity index (χ3n) is 3.67. The van der Waals surface area contributed by atoms with Crippen molar-refractivity contribution in [3.8, 4) is 0 Å². The molecule has 0 heterocycles. The number of benzene rings is 2. The van der Waals surface area contributed by atoms with E-state index in [0.29, 0.717) is 30.9 Å². The number of amides is 2. The van der Waals surface area contributed by atoms with E-state index in [4.69, 9.17) is 5.73 Å². The molecule has 0 saturated heterocycles. The number of ether oxygens (including phenoxy) is 1. The maximum atomic E-state index is 12.8. The van der Waals surface area contributed by atoms with Crippen LogP contribution in [0.1, 0.15) is 22.3 Å². The van der Waals surface area contributed by atoms with Crippen molar-refractivity contribution in [2.75, 3.05) is 25.5 Å². The lowest BCUT2D eigenvalue weighted by Gasteiger charge is -2.23. The first-order chi connectivity index (χ1) is 12.1. The molecule has 2 aromatic rings. The molecule has 3 N–H and O–H groups in total. The van der Waals surface area contributed by atoms with Gasteiger partial charge in [-0.05, 0) is 42.8 Å². The largest absolute Gasteiger partial charge is 0.453 e. The van der Waals surface area contributed by atoms with Gasteiger partial charge in [0.05, 0.1) is 7.11 Å². The minimum atomic E-state index is -0.530. The summed E-state index contributed by atoms with van der Waals surface area (Å²) in [6.45, 7) is 1.52. The van der Waals surface area contributed by atoms with Crippen LogP contribution < -0.4 is 11.1 Å². The second kappa shape index (κ2) is 9.44. The average Bonchev–Trinajstić information content (AvgIpc) is 2.65. The number of hydrogen-bond acceptors (Lipinski definition) is 4. The molecule has 0 saturated carbocycles. The molecular weight excluding hydrogens is 318 g/mol. The third-order valence-corrected chi connectivity index (χ3v) is 3.67. The second-order valence-corrected chi connectivity index (χ2v) is 5.55. The minimum Gasteiger partial charge on any atom is -0.453 e. The maximum Gasteiger partial charge on any atom is 0.411 e. The highest BCUT2D eigenvalue weighted by Gasteiger charge is 2.15. The number of methoxy groups -OCH3 is 1. The number of nitrogens with two attached hydrogens (primary N) is 1. The lowest BCUT2D eigenvalue weighted by atomic mass is 10.1. The van der Waals surface area contributed by atoms with Crippen LogP contribution in [0, 0.1) is 0 Å². The average molecular weight is 341 g/mol. The SMILES string of the molecule is COC(=O)Nc1cccc(CN(CCCN)C(=O)c2ccccc2)c1. The molecule has 0 aliphatic heterocycles. The van der Waals surface area contributed by atoms with Gasteiger partial charge in [-0.15, -0.1) is 0 Å². The van der Waals surface area contributed by atoms with E-state index in [1.165, 1.54) is 7.11 Å². The first kappa shape index (κ1) is 18.5. The van der Waals surface area contributed by atoms with Gasteiger partial charge in [-0.1, -0.05) is 30.3 Å². The molecule has 0 unspecified atom stereocenters. The highest BCUT2D eigenvalue weighted by molar-refractivity contribution is 5.94. The smallest absolute Gasteiger partial charge is 0.411 e. The zero-order chi connectivity index (χ0) is 18.1. The van der Waals surface area contributed by atoms with Gasteiger partial charge >= 0.3 is 6.09 Å². The van der Waals surface area contributed by atoms with E-state index >= 15 is 0 Å². The van der Waals surface area contributed by atoms with Crippen LogP contribution in [0.3, 0.4) is 0 Å². The van der Waals surface area contributed by atoms with Gasteiger partial charge in [0.25, 0.3) is 5.91 Å². The van der Waals surface area contributed by atoms with E-state index in [0.717, 1.165) is 12.0 Å². The molecule has 0 bridgehead atoms. The van der Waals surface area contributed by atoms with Crippen LogP contribution in [0.2, 0.25) is 0 Å². The summed E-state index contributed by atoms with van der Waals surface area (Å²) in [7, 11) is 1.31.